The van der Waals surface area contributed by atoms with Gasteiger partial charge in [0, 0.05) is 5.56 Å². The van der Waals surface area contributed by atoms with Crippen molar-refractivity contribution < 1.29 is 9.47 Å². The second-order valence-corrected chi connectivity index (χ2v) is 5.10. The van der Waals surface area contributed by atoms with Crippen molar-refractivity contribution >= 4 is 11.0 Å². The predicted molar refractivity (Wildman–Crippen MR) is 78.0 cm³/mol. The van der Waals surface area contributed by atoms with Crippen LogP contribution in [0.25, 0.3) is 11.0 Å². The molecule has 21 heavy (non-hydrogen) atoms. The van der Waals surface area contributed by atoms with Crippen molar-refractivity contribution in [3.05, 3.63) is 54.1 Å². The Hall–Kier alpha value is -2.40. The Morgan fingerprint density at radius 3 is 2.81 bits per heavy atom. The lowest BCUT2D eigenvalue weighted by molar-refractivity contribution is 0.138. The quantitative estimate of drug-likeness (QED) is 0.689. The van der Waals surface area contributed by atoms with Crippen molar-refractivity contribution in [2.75, 3.05) is 6.61 Å². The standard InChI is InChI=1S/C16H15N3O2/c1-11(19-14-8-4-3-7-13(14)17-18-19)21-15-9-5-2-6-12(15)16-10-20-16/h2-9,11,16H,10H2,1H3. The molecular formula is C16H15N3O2. The highest BCUT2D eigenvalue weighted by Crippen LogP contribution is 2.37. The number of nitrogens with zero attached hydrogens (tertiary/aromatic N) is 3. The first-order chi connectivity index (χ1) is 10.3. The molecule has 1 aromatic heterocycles. The van der Waals surface area contributed by atoms with E-state index in [4.69, 9.17) is 9.47 Å². The summed E-state index contributed by atoms with van der Waals surface area (Å²) in [5.41, 5.74) is 2.92. The Morgan fingerprint density at radius 2 is 1.95 bits per heavy atom. The minimum atomic E-state index is -0.239. The molecule has 106 valence electrons. The van der Waals surface area contributed by atoms with Gasteiger partial charge in [0.25, 0.3) is 0 Å². The SMILES string of the molecule is CC(Oc1ccccc1C1CO1)n1nnc2ccccc21. The summed E-state index contributed by atoms with van der Waals surface area (Å²) in [6.45, 7) is 2.73. The normalized spacial score (nSPS) is 18.6. The molecule has 0 spiro atoms. The number of hydrogen-bond acceptors (Lipinski definition) is 4. The van der Waals surface area contributed by atoms with E-state index in [9.17, 15) is 0 Å². The third-order valence-corrected chi connectivity index (χ3v) is 3.62. The Balaban J connectivity index is 1.65. The molecule has 5 heteroatoms. The summed E-state index contributed by atoms with van der Waals surface area (Å²) in [7, 11) is 0. The smallest absolute Gasteiger partial charge is 0.191 e. The minimum absolute atomic E-state index is 0.167. The van der Waals surface area contributed by atoms with Crippen LogP contribution in [0.3, 0.4) is 0 Å². The van der Waals surface area contributed by atoms with Crippen LogP contribution in [0.4, 0.5) is 0 Å². The number of ether oxygens (including phenoxy) is 2. The molecule has 2 aromatic carbocycles. The van der Waals surface area contributed by atoms with Gasteiger partial charge in [0.2, 0.25) is 0 Å². The molecule has 5 nitrogen and oxygen atoms in total. The molecule has 2 atom stereocenters. The number of epoxide rings is 1. The zero-order chi connectivity index (χ0) is 14.2. The van der Waals surface area contributed by atoms with Crippen LogP contribution >= 0.6 is 0 Å². The van der Waals surface area contributed by atoms with Gasteiger partial charge in [-0.2, -0.15) is 0 Å². The lowest BCUT2D eigenvalue weighted by Gasteiger charge is -2.17. The van der Waals surface area contributed by atoms with Crippen molar-refractivity contribution in [1.82, 2.24) is 15.0 Å². The monoisotopic (exact) mass is 281 g/mol. The molecule has 4 rings (SSSR count). The predicted octanol–water partition coefficient (Wildman–Crippen LogP) is 3.10. The van der Waals surface area contributed by atoms with E-state index >= 15 is 0 Å². The molecule has 0 aliphatic carbocycles. The van der Waals surface area contributed by atoms with Gasteiger partial charge in [-0.05, 0) is 25.1 Å². The van der Waals surface area contributed by atoms with Crippen LogP contribution in [-0.2, 0) is 4.74 Å². The topological polar surface area (TPSA) is 52.5 Å². The maximum atomic E-state index is 6.08. The van der Waals surface area contributed by atoms with Crippen molar-refractivity contribution in [3.63, 3.8) is 0 Å². The second kappa shape index (κ2) is 4.86. The summed E-state index contributed by atoms with van der Waals surface area (Å²) >= 11 is 0. The summed E-state index contributed by atoms with van der Waals surface area (Å²) in [5, 5.41) is 8.35. The maximum Gasteiger partial charge on any atom is 0.191 e. The first-order valence-electron chi connectivity index (χ1n) is 7.00. The van der Waals surface area contributed by atoms with Crippen LogP contribution in [0.1, 0.15) is 24.8 Å². The lowest BCUT2D eigenvalue weighted by atomic mass is 10.1. The van der Waals surface area contributed by atoms with Gasteiger partial charge in [-0.1, -0.05) is 35.5 Å². The van der Waals surface area contributed by atoms with Crippen molar-refractivity contribution in [3.8, 4) is 5.75 Å². The molecule has 1 aliphatic rings. The Labute approximate surface area is 122 Å². The van der Waals surface area contributed by atoms with Gasteiger partial charge in [-0.25, -0.2) is 4.68 Å². The van der Waals surface area contributed by atoms with Gasteiger partial charge in [0.1, 0.15) is 17.4 Å². The van der Waals surface area contributed by atoms with Crippen LogP contribution < -0.4 is 4.74 Å². The van der Waals surface area contributed by atoms with Crippen LogP contribution in [0.15, 0.2) is 48.5 Å². The second-order valence-electron chi connectivity index (χ2n) is 5.10. The molecule has 2 unspecified atom stereocenters. The zero-order valence-corrected chi connectivity index (χ0v) is 11.6. The number of rotatable bonds is 4. The first kappa shape index (κ1) is 12.3. The zero-order valence-electron chi connectivity index (χ0n) is 11.6. The maximum absolute atomic E-state index is 6.08. The fourth-order valence-electron chi connectivity index (χ4n) is 2.47. The number of hydrogen-bond donors (Lipinski definition) is 0. The highest BCUT2D eigenvalue weighted by molar-refractivity contribution is 5.73. The summed E-state index contributed by atoms with van der Waals surface area (Å²) in [4.78, 5) is 0. The molecule has 0 saturated carbocycles. The molecule has 0 N–H and O–H groups in total. The third kappa shape index (κ3) is 2.25. The lowest BCUT2D eigenvalue weighted by Crippen LogP contribution is -2.14. The van der Waals surface area contributed by atoms with E-state index < -0.39 is 0 Å². The summed E-state index contributed by atoms with van der Waals surface area (Å²) in [6.07, 6.45) is -0.0711. The van der Waals surface area contributed by atoms with Crippen LogP contribution in [-0.4, -0.2) is 21.6 Å². The molecule has 1 aliphatic heterocycles. The van der Waals surface area contributed by atoms with Gasteiger partial charge in [0.15, 0.2) is 6.23 Å². The Morgan fingerprint density at radius 1 is 1.19 bits per heavy atom. The van der Waals surface area contributed by atoms with E-state index in [-0.39, 0.29) is 12.3 Å². The van der Waals surface area contributed by atoms with Crippen LogP contribution in [0, 0.1) is 0 Å². The molecule has 0 bridgehead atoms. The number of fused-ring (bicyclic) bond motifs is 1. The summed E-state index contributed by atoms with van der Waals surface area (Å²) < 4.78 is 13.2. The van der Waals surface area contributed by atoms with Gasteiger partial charge in [0.05, 0.1) is 12.1 Å². The summed E-state index contributed by atoms with van der Waals surface area (Å²) in [5.74, 6) is 0.840. The molecule has 2 heterocycles. The Bertz CT molecular complexity index is 780. The highest BCUT2D eigenvalue weighted by atomic mass is 16.6. The van der Waals surface area contributed by atoms with Crippen molar-refractivity contribution in [1.29, 1.82) is 0 Å². The van der Waals surface area contributed by atoms with Crippen LogP contribution in [0.2, 0.25) is 0 Å². The first-order valence-corrected chi connectivity index (χ1v) is 7.00. The fraction of sp³-hybridized carbons (Fsp3) is 0.250. The van der Waals surface area contributed by atoms with Gasteiger partial charge in [-0.3, -0.25) is 0 Å². The highest BCUT2D eigenvalue weighted by Gasteiger charge is 2.28. The largest absolute Gasteiger partial charge is 0.469 e. The minimum Gasteiger partial charge on any atom is -0.469 e. The van der Waals surface area contributed by atoms with E-state index in [1.165, 1.54) is 0 Å². The van der Waals surface area contributed by atoms with Gasteiger partial charge >= 0.3 is 0 Å². The fourth-order valence-corrected chi connectivity index (χ4v) is 2.47. The number of benzene rings is 2. The average Bonchev–Trinajstić information content (AvgIpc) is 3.26. The third-order valence-electron chi connectivity index (χ3n) is 3.62. The number of para-hydroxylation sites is 2. The van der Waals surface area contributed by atoms with E-state index in [1.807, 2.05) is 55.5 Å². The van der Waals surface area contributed by atoms with E-state index in [0.717, 1.165) is 29.0 Å². The molecular weight excluding hydrogens is 266 g/mol. The molecule has 0 radical (unpaired) electrons. The molecule has 1 saturated heterocycles. The van der Waals surface area contributed by atoms with Crippen molar-refractivity contribution in [2.24, 2.45) is 0 Å². The Kier molecular flexibility index (Phi) is 2.86. The van der Waals surface area contributed by atoms with Gasteiger partial charge in [-0.15, -0.1) is 5.10 Å². The molecule has 3 aromatic rings. The molecule has 1 fully saturated rings. The summed E-state index contributed by atoms with van der Waals surface area (Å²) in [6, 6.07) is 15.8. The molecule has 0 amide bonds. The number of aromatic nitrogens is 3. The van der Waals surface area contributed by atoms with E-state index in [2.05, 4.69) is 10.3 Å². The van der Waals surface area contributed by atoms with E-state index in [0.29, 0.717) is 0 Å². The van der Waals surface area contributed by atoms with Crippen LogP contribution in [0.5, 0.6) is 5.75 Å². The average molecular weight is 281 g/mol. The van der Waals surface area contributed by atoms with E-state index in [1.54, 1.807) is 4.68 Å². The van der Waals surface area contributed by atoms with Gasteiger partial charge < -0.3 is 9.47 Å². The van der Waals surface area contributed by atoms with Crippen molar-refractivity contribution in [2.45, 2.75) is 19.3 Å².